The van der Waals surface area contributed by atoms with Crippen molar-refractivity contribution < 1.29 is 19.1 Å². The van der Waals surface area contributed by atoms with Crippen LogP contribution in [0.15, 0.2) is 42.5 Å². The Morgan fingerprint density at radius 3 is 2.00 bits per heavy atom. The first-order valence-corrected chi connectivity index (χ1v) is 9.46. The Bertz CT molecular complexity index is 819. The van der Waals surface area contributed by atoms with E-state index in [2.05, 4.69) is 15.5 Å². The van der Waals surface area contributed by atoms with Gasteiger partial charge < -0.3 is 25.0 Å². The highest BCUT2D eigenvalue weighted by molar-refractivity contribution is 5.97. The Morgan fingerprint density at radius 2 is 1.45 bits per heavy atom. The summed E-state index contributed by atoms with van der Waals surface area (Å²) in [6.45, 7) is 1.89. The molecule has 0 spiro atoms. The molecule has 7 heteroatoms. The number of benzene rings is 2. The normalized spacial score (nSPS) is 10.5. The highest BCUT2D eigenvalue weighted by atomic mass is 16.5. The molecule has 0 heterocycles. The summed E-state index contributed by atoms with van der Waals surface area (Å²) in [4.78, 5) is 26.6. The Labute approximate surface area is 172 Å². The minimum Gasteiger partial charge on any atom is -0.493 e. The maximum Gasteiger partial charge on any atom is 0.251 e. The highest BCUT2D eigenvalue weighted by Gasteiger charge is 2.10. The van der Waals surface area contributed by atoms with Gasteiger partial charge in [0.05, 0.1) is 14.2 Å². The number of ether oxygens (including phenoxy) is 2. The van der Waals surface area contributed by atoms with Gasteiger partial charge in [0, 0.05) is 24.2 Å². The molecule has 0 aromatic heterocycles. The summed E-state index contributed by atoms with van der Waals surface area (Å²) >= 11 is 0. The summed E-state index contributed by atoms with van der Waals surface area (Å²) in [5.74, 6) is 0.900. The van der Waals surface area contributed by atoms with Crippen LogP contribution in [-0.4, -0.2) is 58.1 Å². The number of nitrogens with zero attached hydrogens (tertiary/aromatic N) is 1. The lowest BCUT2D eigenvalue weighted by atomic mass is 10.1. The average Bonchev–Trinajstić information content (AvgIpc) is 2.74. The Kier molecular flexibility index (Phi) is 8.48. The zero-order chi connectivity index (χ0) is 21.2. The van der Waals surface area contributed by atoms with E-state index in [9.17, 15) is 9.59 Å². The van der Waals surface area contributed by atoms with Gasteiger partial charge in [-0.3, -0.25) is 9.59 Å². The SMILES string of the molecule is COc1ccc(CNC(=O)c2ccc(C(=O)NCCCN(C)C)cc2)cc1OC. The van der Waals surface area contributed by atoms with Crippen molar-refractivity contribution in [3.8, 4) is 11.5 Å². The fraction of sp³-hybridized carbons (Fsp3) is 0.364. The van der Waals surface area contributed by atoms with Crippen LogP contribution in [0.2, 0.25) is 0 Å². The molecule has 0 fully saturated rings. The third-order valence-corrected chi connectivity index (χ3v) is 4.38. The van der Waals surface area contributed by atoms with Crippen LogP contribution in [0.3, 0.4) is 0 Å². The lowest BCUT2D eigenvalue weighted by molar-refractivity contribution is 0.0939. The van der Waals surface area contributed by atoms with Gasteiger partial charge in [0.15, 0.2) is 11.5 Å². The monoisotopic (exact) mass is 399 g/mol. The minimum atomic E-state index is -0.210. The molecule has 0 atom stereocenters. The predicted molar refractivity (Wildman–Crippen MR) is 113 cm³/mol. The van der Waals surface area contributed by atoms with E-state index < -0.39 is 0 Å². The maximum absolute atomic E-state index is 12.4. The van der Waals surface area contributed by atoms with Gasteiger partial charge in [-0.25, -0.2) is 0 Å². The van der Waals surface area contributed by atoms with Crippen molar-refractivity contribution in [3.05, 3.63) is 59.2 Å². The van der Waals surface area contributed by atoms with Crippen molar-refractivity contribution in [2.45, 2.75) is 13.0 Å². The second kappa shape index (κ2) is 11.1. The van der Waals surface area contributed by atoms with Crippen LogP contribution in [-0.2, 0) is 6.54 Å². The van der Waals surface area contributed by atoms with E-state index in [1.165, 1.54) is 0 Å². The van der Waals surface area contributed by atoms with Crippen molar-refractivity contribution in [2.24, 2.45) is 0 Å². The number of hydrogen-bond acceptors (Lipinski definition) is 5. The number of amides is 2. The lowest BCUT2D eigenvalue weighted by Gasteiger charge is -2.11. The van der Waals surface area contributed by atoms with Crippen LogP contribution in [0.25, 0.3) is 0 Å². The van der Waals surface area contributed by atoms with E-state index in [1.807, 2.05) is 26.2 Å². The topological polar surface area (TPSA) is 79.9 Å². The van der Waals surface area contributed by atoms with Crippen molar-refractivity contribution in [1.82, 2.24) is 15.5 Å². The van der Waals surface area contributed by atoms with Crippen LogP contribution in [0.1, 0.15) is 32.7 Å². The molecule has 29 heavy (non-hydrogen) atoms. The van der Waals surface area contributed by atoms with Crippen molar-refractivity contribution >= 4 is 11.8 Å². The quantitative estimate of drug-likeness (QED) is 0.600. The van der Waals surface area contributed by atoms with E-state index in [0.29, 0.717) is 35.7 Å². The Hall–Kier alpha value is -3.06. The number of nitrogens with one attached hydrogen (secondary N) is 2. The van der Waals surface area contributed by atoms with Gasteiger partial charge in [0.2, 0.25) is 0 Å². The van der Waals surface area contributed by atoms with Gasteiger partial charge in [0.1, 0.15) is 0 Å². The van der Waals surface area contributed by atoms with E-state index >= 15 is 0 Å². The Balaban J connectivity index is 1.88. The zero-order valence-corrected chi connectivity index (χ0v) is 17.5. The molecule has 0 aliphatic carbocycles. The Morgan fingerprint density at radius 1 is 0.862 bits per heavy atom. The summed E-state index contributed by atoms with van der Waals surface area (Å²) in [6.07, 6.45) is 0.884. The van der Waals surface area contributed by atoms with Gasteiger partial charge in [-0.1, -0.05) is 6.07 Å². The van der Waals surface area contributed by atoms with E-state index in [4.69, 9.17) is 9.47 Å². The molecule has 0 unspecified atom stereocenters. The predicted octanol–water partition coefficient (Wildman–Crippen LogP) is 2.32. The van der Waals surface area contributed by atoms with Crippen molar-refractivity contribution in [2.75, 3.05) is 41.4 Å². The molecule has 2 rings (SSSR count). The number of carbonyl (C=O) groups excluding carboxylic acids is 2. The second-order valence-corrected chi connectivity index (χ2v) is 6.86. The fourth-order valence-corrected chi connectivity index (χ4v) is 2.75. The third kappa shape index (κ3) is 6.80. The molecule has 2 aromatic rings. The zero-order valence-electron chi connectivity index (χ0n) is 17.5. The highest BCUT2D eigenvalue weighted by Crippen LogP contribution is 2.27. The summed E-state index contributed by atoms with van der Waals surface area (Å²) in [5.41, 5.74) is 1.92. The molecule has 0 aliphatic rings. The van der Waals surface area contributed by atoms with E-state index in [-0.39, 0.29) is 11.8 Å². The number of carbonyl (C=O) groups is 2. The molecular weight excluding hydrogens is 370 g/mol. The smallest absolute Gasteiger partial charge is 0.251 e. The summed E-state index contributed by atoms with van der Waals surface area (Å²) < 4.78 is 10.5. The number of hydrogen-bond donors (Lipinski definition) is 2. The number of rotatable bonds is 10. The first-order chi connectivity index (χ1) is 13.9. The van der Waals surface area contributed by atoms with Crippen LogP contribution in [0, 0.1) is 0 Å². The largest absolute Gasteiger partial charge is 0.493 e. The third-order valence-electron chi connectivity index (χ3n) is 4.38. The summed E-state index contributed by atoms with van der Waals surface area (Å²) in [6, 6.07) is 12.1. The average molecular weight is 399 g/mol. The van der Waals surface area contributed by atoms with Crippen LogP contribution in [0.4, 0.5) is 0 Å². The minimum absolute atomic E-state index is 0.138. The number of methoxy groups -OCH3 is 2. The molecule has 7 nitrogen and oxygen atoms in total. The first-order valence-electron chi connectivity index (χ1n) is 9.46. The molecular formula is C22H29N3O4. The van der Waals surface area contributed by atoms with Crippen molar-refractivity contribution in [3.63, 3.8) is 0 Å². The van der Waals surface area contributed by atoms with Crippen LogP contribution in [0.5, 0.6) is 11.5 Å². The molecule has 0 radical (unpaired) electrons. The lowest BCUT2D eigenvalue weighted by Crippen LogP contribution is -2.27. The summed E-state index contributed by atoms with van der Waals surface area (Å²) in [7, 11) is 7.14. The van der Waals surface area contributed by atoms with Gasteiger partial charge in [-0.15, -0.1) is 0 Å². The molecule has 2 amide bonds. The standard InChI is InChI=1S/C22H29N3O4/c1-25(2)13-5-12-23-21(26)17-7-9-18(10-8-17)22(27)24-15-16-6-11-19(28-3)20(14-16)29-4/h6-11,14H,5,12-13,15H2,1-4H3,(H,23,26)(H,24,27). The van der Waals surface area contributed by atoms with Gasteiger partial charge >= 0.3 is 0 Å². The van der Waals surface area contributed by atoms with Crippen LogP contribution >= 0.6 is 0 Å². The molecule has 0 saturated carbocycles. The molecule has 156 valence electrons. The van der Waals surface area contributed by atoms with Gasteiger partial charge in [-0.2, -0.15) is 0 Å². The van der Waals surface area contributed by atoms with Gasteiger partial charge in [-0.05, 0) is 69.0 Å². The fourth-order valence-electron chi connectivity index (χ4n) is 2.75. The first kappa shape index (κ1) is 22.2. The molecule has 0 saturated heterocycles. The van der Waals surface area contributed by atoms with E-state index in [0.717, 1.165) is 18.5 Å². The molecule has 2 N–H and O–H groups in total. The summed E-state index contributed by atoms with van der Waals surface area (Å²) in [5, 5.41) is 5.75. The van der Waals surface area contributed by atoms with Crippen LogP contribution < -0.4 is 20.1 Å². The molecule has 0 bridgehead atoms. The maximum atomic E-state index is 12.4. The van der Waals surface area contributed by atoms with E-state index in [1.54, 1.807) is 44.6 Å². The molecule has 2 aromatic carbocycles. The van der Waals surface area contributed by atoms with Crippen molar-refractivity contribution in [1.29, 1.82) is 0 Å². The second-order valence-electron chi connectivity index (χ2n) is 6.86. The molecule has 0 aliphatic heterocycles. The van der Waals surface area contributed by atoms with Gasteiger partial charge in [0.25, 0.3) is 11.8 Å².